The predicted molar refractivity (Wildman–Crippen MR) is 129 cm³/mol. The Kier molecular flexibility index (Phi) is 7.26. The maximum Gasteiger partial charge on any atom is 0.251 e. The first kappa shape index (κ1) is 22.4. The Morgan fingerprint density at radius 2 is 1.97 bits per heavy atom. The summed E-state index contributed by atoms with van der Waals surface area (Å²) in [4.78, 5) is 29.4. The van der Waals surface area contributed by atoms with Gasteiger partial charge in [-0.2, -0.15) is 0 Å². The number of hydrogen-bond acceptors (Lipinski definition) is 5. The van der Waals surface area contributed by atoms with Gasteiger partial charge in [0.05, 0.1) is 18.6 Å². The number of aryl methyl sites for hydroxylation is 1. The number of furan rings is 1. The van der Waals surface area contributed by atoms with Gasteiger partial charge in [0.2, 0.25) is 5.91 Å². The van der Waals surface area contributed by atoms with Gasteiger partial charge in [-0.25, -0.2) is 4.98 Å². The lowest BCUT2D eigenvalue weighted by Crippen LogP contribution is -2.22. The molecule has 2 aromatic carbocycles. The molecule has 0 aliphatic rings. The zero-order valence-electron chi connectivity index (χ0n) is 18.2. The summed E-state index contributed by atoms with van der Waals surface area (Å²) in [5, 5.41) is 6.49. The van der Waals surface area contributed by atoms with E-state index in [0.29, 0.717) is 23.0 Å². The van der Waals surface area contributed by atoms with Gasteiger partial charge in [-0.15, -0.1) is 0 Å². The van der Waals surface area contributed by atoms with E-state index >= 15 is 0 Å². The Hall–Kier alpha value is -3.78. The van der Waals surface area contributed by atoms with Gasteiger partial charge in [-0.3, -0.25) is 14.2 Å². The molecule has 0 unspecified atom stereocenters. The van der Waals surface area contributed by atoms with Crippen LogP contribution in [0.1, 0.15) is 28.6 Å². The first-order valence-corrected chi connectivity index (χ1v) is 11.6. The highest BCUT2D eigenvalue weighted by Crippen LogP contribution is 2.22. The molecule has 0 saturated heterocycles. The molecule has 2 aromatic heterocycles. The Bertz CT molecular complexity index is 1230. The number of imidazole rings is 1. The number of aromatic nitrogens is 2. The molecule has 0 bridgehead atoms. The molecule has 2 amide bonds. The Balaban J connectivity index is 1.40. The number of hydrogen-bond donors (Lipinski definition) is 2. The van der Waals surface area contributed by atoms with Crippen molar-refractivity contribution in [1.29, 1.82) is 0 Å². The molecular weight excluding hydrogens is 436 g/mol. The average molecular weight is 461 g/mol. The van der Waals surface area contributed by atoms with Crippen LogP contribution in [0.2, 0.25) is 0 Å². The largest absolute Gasteiger partial charge is 0.467 e. The van der Waals surface area contributed by atoms with Gasteiger partial charge in [-0.05, 0) is 48.4 Å². The highest BCUT2D eigenvalue weighted by atomic mass is 32.2. The lowest BCUT2D eigenvalue weighted by atomic mass is 10.1. The molecule has 168 valence electrons. The quantitative estimate of drug-likeness (QED) is 0.354. The second kappa shape index (κ2) is 10.7. The molecule has 0 atom stereocenters. The molecule has 0 fully saturated rings. The zero-order chi connectivity index (χ0) is 23.0. The van der Waals surface area contributed by atoms with E-state index in [4.69, 9.17) is 4.42 Å². The number of carbonyl (C=O) groups is 2. The van der Waals surface area contributed by atoms with E-state index in [1.807, 2.05) is 53.2 Å². The minimum atomic E-state index is -0.198. The van der Waals surface area contributed by atoms with E-state index in [-0.39, 0.29) is 17.6 Å². The van der Waals surface area contributed by atoms with Crippen LogP contribution in [-0.4, -0.2) is 27.1 Å². The fraction of sp³-hybridized carbons (Fsp3) is 0.160. The van der Waals surface area contributed by atoms with Gasteiger partial charge in [0.15, 0.2) is 5.16 Å². The fourth-order valence-corrected chi connectivity index (χ4v) is 4.11. The summed E-state index contributed by atoms with van der Waals surface area (Å²) in [6.45, 7) is 2.38. The van der Waals surface area contributed by atoms with Crippen LogP contribution in [-0.2, 0) is 17.8 Å². The molecule has 0 radical (unpaired) electrons. The number of para-hydroxylation sites is 1. The van der Waals surface area contributed by atoms with Crippen molar-refractivity contribution < 1.29 is 14.0 Å². The van der Waals surface area contributed by atoms with Crippen molar-refractivity contribution in [1.82, 2.24) is 14.9 Å². The van der Waals surface area contributed by atoms with Crippen molar-refractivity contribution in [2.75, 3.05) is 11.1 Å². The standard InChI is InChI=1S/C25H24N4O3S/c1-2-18-7-3-4-11-22(18)28-23(30)17-33-25-26-12-13-29(25)20-9-5-8-19(15-20)24(31)27-16-21-10-6-14-32-21/h3-15H,2,16-17H2,1H3,(H,27,31)(H,28,30). The zero-order valence-corrected chi connectivity index (χ0v) is 19.0. The number of nitrogens with zero attached hydrogens (tertiary/aromatic N) is 2. The van der Waals surface area contributed by atoms with Crippen LogP contribution in [0.25, 0.3) is 5.69 Å². The summed E-state index contributed by atoms with van der Waals surface area (Å²) in [6.07, 6.45) is 5.91. The van der Waals surface area contributed by atoms with Gasteiger partial charge < -0.3 is 15.1 Å². The molecule has 8 heteroatoms. The molecule has 7 nitrogen and oxygen atoms in total. The predicted octanol–water partition coefficient (Wildman–Crippen LogP) is 4.69. The number of benzene rings is 2. The molecule has 0 aliphatic carbocycles. The fourth-order valence-electron chi connectivity index (χ4n) is 3.34. The van der Waals surface area contributed by atoms with Gasteiger partial charge in [-0.1, -0.05) is 43.0 Å². The van der Waals surface area contributed by atoms with Gasteiger partial charge >= 0.3 is 0 Å². The van der Waals surface area contributed by atoms with Crippen LogP contribution in [0.4, 0.5) is 5.69 Å². The lowest BCUT2D eigenvalue weighted by molar-refractivity contribution is -0.113. The van der Waals surface area contributed by atoms with Crippen molar-refractivity contribution >= 4 is 29.3 Å². The monoisotopic (exact) mass is 460 g/mol. The third kappa shape index (κ3) is 5.72. The van der Waals surface area contributed by atoms with Crippen LogP contribution >= 0.6 is 11.8 Å². The van der Waals surface area contributed by atoms with Crippen LogP contribution in [0, 0.1) is 0 Å². The Morgan fingerprint density at radius 3 is 2.79 bits per heavy atom. The van der Waals surface area contributed by atoms with Gasteiger partial charge in [0.25, 0.3) is 5.91 Å². The summed E-state index contributed by atoms with van der Waals surface area (Å²) in [6, 6.07) is 18.6. The molecule has 4 rings (SSSR count). The number of nitrogens with one attached hydrogen (secondary N) is 2. The van der Waals surface area contributed by atoms with E-state index in [1.165, 1.54) is 11.8 Å². The number of anilines is 1. The van der Waals surface area contributed by atoms with Crippen molar-refractivity contribution in [3.8, 4) is 5.69 Å². The number of amides is 2. The summed E-state index contributed by atoms with van der Waals surface area (Å²) >= 11 is 1.34. The molecule has 0 spiro atoms. The average Bonchev–Trinajstić information content (AvgIpc) is 3.54. The highest BCUT2D eigenvalue weighted by Gasteiger charge is 2.13. The third-order valence-electron chi connectivity index (χ3n) is 5.00. The van der Waals surface area contributed by atoms with Gasteiger partial charge in [0.1, 0.15) is 5.76 Å². The van der Waals surface area contributed by atoms with Crippen molar-refractivity contribution in [3.63, 3.8) is 0 Å². The minimum Gasteiger partial charge on any atom is -0.467 e. The lowest BCUT2D eigenvalue weighted by Gasteiger charge is -2.11. The molecule has 33 heavy (non-hydrogen) atoms. The molecule has 4 aromatic rings. The van der Waals surface area contributed by atoms with E-state index < -0.39 is 0 Å². The van der Waals surface area contributed by atoms with E-state index in [9.17, 15) is 9.59 Å². The topological polar surface area (TPSA) is 89.2 Å². The van der Waals surface area contributed by atoms with Crippen LogP contribution in [0.15, 0.2) is 88.9 Å². The molecular formula is C25H24N4O3S. The second-order valence-electron chi connectivity index (χ2n) is 7.24. The maximum atomic E-state index is 12.6. The summed E-state index contributed by atoms with van der Waals surface area (Å²) in [5.41, 5.74) is 3.25. The molecule has 2 heterocycles. The first-order valence-electron chi connectivity index (χ1n) is 10.6. The van der Waals surface area contributed by atoms with E-state index in [2.05, 4.69) is 22.5 Å². The van der Waals surface area contributed by atoms with Crippen molar-refractivity contribution in [2.45, 2.75) is 25.0 Å². The van der Waals surface area contributed by atoms with Crippen molar-refractivity contribution in [3.05, 3.63) is 96.2 Å². The molecule has 0 aliphatic heterocycles. The van der Waals surface area contributed by atoms with E-state index in [0.717, 1.165) is 23.4 Å². The summed E-state index contributed by atoms with van der Waals surface area (Å²) < 4.78 is 7.11. The number of thioether (sulfide) groups is 1. The minimum absolute atomic E-state index is 0.0958. The maximum absolute atomic E-state index is 12.6. The Morgan fingerprint density at radius 1 is 1.09 bits per heavy atom. The SMILES string of the molecule is CCc1ccccc1NC(=O)CSc1nccn1-c1cccc(C(=O)NCc2ccco2)c1. The van der Waals surface area contributed by atoms with Crippen LogP contribution in [0.5, 0.6) is 0 Å². The second-order valence-corrected chi connectivity index (χ2v) is 8.18. The van der Waals surface area contributed by atoms with Crippen molar-refractivity contribution in [2.24, 2.45) is 0 Å². The summed E-state index contributed by atoms with van der Waals surface area (Å²) in [7, 11) is 0. The third-order valence-corrected chi connectivity index (χ3v) is 5.97. The molecule has 0 saturated carbocycles. The summed E-state index contributed by atoms with van der Waals surface area (Å²) in [5.74, 6) is 0.615. The number of carbonyl (C=O) groups excluding carboxylic acids is 2. The number of rotatable bonds is 9. The molecule has 2 N–H and O–H groups in total. The Labute approximate surface area is 196 Å². The highest BCUT2D eigenvalue weighted by molar-refractivity contribution is 7.99. The van der Waals surface area contributed by atoms with E-state index in [1.54, 1.807) is 30.7 Å². The smallest absolute Gasteiger partial charge is 0.251 e. The van der Waals surface area contributed by atoms with Crippen LogP contribution < -0.4 is 10.6 Å². The normalized spacial score (nSPS) is 10.7. The van der Waals surface area contributed by atoms with Gasteiger partial charge in [0, 0.05) is 29.3 Å². The first-order chi connectivity index (χ1) is 16.1. The van der Waals surface area contributed by atoms with Crippen LogP contribution in [0.3, 0.4) is 0 Å².